The molecule has 7 heteroatoms. The first-order valence-electron chi connectivity index (χ1n) is 9.08. The Labute approximate surface area is 168 Å². The Kier molecular flexibility index (Phi) is 4.78. The molecule has 0 radical (unpaired) electrons. The number of carbonyl (C=O) groups is 1. The molecule has 0 aliphatic rings. The predicted octanol–water partition coefficient (Wildman–Crippen LogP) is 3.88. The van der Waals surface area contributed by atoms with Crippen molar-refractivity contribution in [2.45, 2.75) is 0 Å². The van der Waals surface area contributed by atoms with E-state index in [1.807, 2.05) is 43.7 Å². The van der Waals surface area contributed by atoms with Crippen LogP contribution in [-0.4, -0.2) is 39.9 Å². The second kappa shape index (κ2) is 7.55. The van der Waals surface area contributed by atoms with Gasteiger partial charge < -0.3 is 15.2 Å². The third kappa shape index (κ3) is 3.45. The summed E-state index contributed by atoms with van der Waals surface area (Å²) in [5.74, 6) is 0.537. The average molecular weight is 384 g/mol. The summed E-state index contributed by atoms with van der Waals surface area (Å²) >= 11 is 0. The van der Waals surface area contributed by atoms with Gasteiger partial charge in [-0.25, -0.2) is 9.97 Å². The van der Waals surface area contributed by atoms with Gasteiger partial charge in [0.05, 0.1) is 18.1 Å². The Bertz CT molecular complexity index is 1210. The molecular weight excluding hydrogens is 364 g/mol. The number of likely N-dealkylation sites (N-methyl/N-ethyl adjacent to an activating group) is 1. The minimum atomic E-state index is -0.161. The first kappa shape index (κ1) is 18.4. The number of benzene rings is 1. The number of nitrogens with zero attached hydrogens (tertiary/aromatic N) is 4. The summed E-state index contributed by atoms with van der Waals surface area (Å²) in [7, 11) is 3.53. The Morgan fingerprint density at radius 2 is 2.07 bits per heavy atom. The number of carbonyl (C=O) groups excluding carboxylic acids is 1. The van der Waals surface area contributed by atoms with Gasteiger partial charge >= 0.3 is 0 Å². The van der Waals surface area contributed by atoms with Gasteiger partial charge in [0.1, 0.15) is 11.5 Å². The number of pyridine rings is 1. The highest BCUT2D eigenvalue weighted by atomic mass is 16.2. The fourth-order valence-electron chi connectivity index (χ4n) is 3.15. The van der Waals surface area contributed by atoms with E-state index in [0.717, 1.165) is 39.1 Å². The molecular formula is C22H20N6O. The van der Waals surface area contributed by atoms with Gasteiger partial charge in [0.2, 0.25) is 5.91 Å². The largest absolute Gasteiger partial charge is 0.372 e. The minimum Gasteiger partial charge on any atom is -0.372 e. The lowest BCUT2D eigenvalue weighted by atomic mass is 10.0. The van der Waals surface area contributed by atoms with Crippen LogP contribution in [0.1, 0.15) is 0 Å². The monoisotopic (exact) mass is 384 g/mol. The molecule has 1 aromatic carbocycles. The maximum Gasteiger partial charge on any atom is 0.250 e. The van der Waals surface area contributed by atoms with Crippen molar-refractivity contribution < 1.29 is 4.79 Å². The van der Waals surface area contributed by atoms with Crippen molar-refractivity contribution in [3.8, 4) is 22.4 Å². The van der Waals surface area contributed by atoms with E-state index in [2.05, 4.69) is 37.9 Å². The third-order valence-electron chi connectivity index (χ3n) is 4.77. The molecule has 29 heavy (non-hydrogen) atoms. The van der Waals surface area contributed by atoms with Crippen LogP contribution in [0.2, 0.25) is 0 Å². The van der Waals surface area contributed by atoms with Gasteiger partial charge in [0.15, 0.2) is 0 Å². The van der Waals surface area contributed by atoms with Gasteiger partial charge in [-0.2, -0.15) is 0 Å². The lowest BCUT2D eigenvalue weighted by Crippen LogP contribution is -2.23. The van der Waals surface area contributed by atoms with Gasteiger partial charge in [-0.15, -0.1) is 0 Å². The molecule has 0 aliphatic carbocycles. The summed E-state index contributed by atoms with van der Waals surface area (Å²) in [6, 6.07) is 9.82. The quantitative estimate of drug-likeness (QED) is 0.510. The molecule has 3 aromatic heterocycles. The zero-order valence-corrected chi connectivity index (χ0v) is 16.2. The standard InChI is InChI=1S/C22H20N6O/c1-4-21(29)28(3)16-7-5-6-14(8-16)15-9-17-18(11-26-22(17)25-10-15)19-12-24-13-20(23-2)27-19/h4-13H,1H2,2-3H3,(H,23,27)(H,25,26). The molecule has 7 nitrogen and oxygen atoms in total. The van der Waals surface area contributed by atoms with Gasteiger partial charge in [-0.3, -0.25) is 9.78 Å². The van der Waals surface area contributed by atoms with E-state index in [9.17, 15) is 4.79 Å². The summed E-state index contributed by atoms with van der Waals surface area (Å²) in [5, 5.41) is 3.96. The van der Waals surface area contributed by atoms with E-state index >= 15 is 0 Å². The Balaban J connectivity index is 1.78. The first-order valence-corrected chi connectivity index (χ1v) is 9.08. The first-order chi connectivity index (χ1) is 14.1. The van der Waals surface area contributed by atoms with Crippen LogP contribution in [0.5, 0.6) is 0 Å². The van der Waals surface area contributed by atoms with Crippen molar-refractivity contribution in [3.63, 3.8) is 0 Å². The SMILES string of the molecule is C=CC(=O)N(C)c1cccc(-c2cnc3[nH]cc(-c4cncc(NC)n4)c3c2)c1. The topological polar surface area (TPSA) is 86.8 Å². The average Bonchev–Trinajstić information content (AvgIpc) is 3.21. The van der Waals surface area contributed by atoms with Crippen LogP contribution in [0, 0.1) is 0 Å². The van der Waals surface area contributed by atoms with E-state index in [1.165, 1.54) is 6.08 Å². The van der Waals surface area contributed by atoms with Crippen LogP contribution in [0.3, 0.4) is 0 Å². The van der Waals surface area contributed by atoms with Crippen molar-refractivity contribution in [1.82, 2.24) is 19.9 Å². The van der Waals surface area contributed by atoms with Gasteiger partial charge in [0.25, 0.3) is 0 Å². The highest BCUT2D eigenvalue weighted by Crippen LogP contribution is 2.31. The van der Waals surface area contributed by atoms with Crippen LogP contribution in [-0.2, 0) is 4.79 Å². The summed E-state index contributed by atoms with van der Waals surface area (Å²) in [5.41, 5.74) is 5.14. The summed E-state index contributed by atoms with van der Waals surface area (Å²) in [6.45, 7) is 3.55. The van der Waals surface area contributed by atoms with Crippen LogP contribution in [0.15, 0.2) is 67.8 Å². The molecule has 0 saturated heterocycles. The van der Waals surface area contributed by atoms with Gasteiger partial charge in [-0.1, -0.05) is 18.7 Å². The van der Waals surface area contributed by atoms with E-state index in [1.54, 1.807) is 24.3 Å². The number of hydrogen-bond acceptors (Lipinski definition) is 5. The number of amides is 1. The number of rotatable bonds is 5. The predicted molar refractivity (Wildman–Crippen MR) is 116 cm³/mol. The lowest BCUT2D eigenvalue weighted by molar-refractivity contribution is -0.113. The van der Waals surface area contributed by atoms with E-state index in [0.29, 0.717) is 5.82 Å². The summed E-state index contributed by atoms with van der Waals surface area (Å²) in [4.78, 5) is 30.1. The van der Waals surface area contributed by atoms with E-state index < -0.39 is 0 Å². The maximum atomic E-state index is 11.9. The molecule has 0 unspecified atom stereocenters. The Morgan fingerprint density at radius 3 is 2.86 bits per heavy atom. The number of H-pyrrole nitrogens is 1. The fraction of sp³-hybridized carbons (Fsp3) is 0.0909. The number of anilines is 2. The second-order valence-electron chi connectivity index (χ2n) is 6.51. The number of aromatic amines is 1. The smallest absolute Gasteiger partial charge is 0.250 e. The van der Waals surface area contributed by atoms with E-state index in [-0.39, 0.29) is 5.91 Å². The molecule has 4 rings (SSSR count). The highest BCUT2D eigenvalue weighted by Gasteiger charge is 2.12. The van der Waals surface area contributed by atoms with E-state index in [4.69, 9.17) is 0 Å². The lowest BCUT2D eigenvalue weighted by Gasteiger charge is -2.16. The summed E-state index contributed by atoms with van der Waals surface area (Å²) in [6.07, 6.45) is 8.40. The normalized spacial score (nSPS) is 10.7. The molecule has 4 aromatic rings. The third-order valence-corrected chi connectivity index (χ3v) is 4.77. The van der Waals surface area contributed by atoms with Crippen molar-refractivity contribution in [3.05, 3.63) is 67.8 Å². The number of nitrogens with one attached hydrogen (secondary N) is 2. The van der Waals surface area contributed by atoms with Crippen LogP contribution >= 0.6 is 0 Å². The molecule has 0 bridgehead atoms. The number of fused-ring (bicyclic) bond motifs is 1. The second-order valence-corrected chi connectivity index (χ2v) is 6.51. The number of aromatic nitrogens is 4. The fourth-order valence-corrected chi connectivity index (χ4v) is 3.15. The molecule has 1 amide bonds. The number of hydrogen-bond donors (Lipinski definition) is 2. The molecule has 0 fully saturated rings. The Hall–Kier alpha value is -4.00. The summed E-state index contributed by atoms with van der Waals surface area (Å²) < 4.78 is 0. The molecule has 144 valence electrons. The maximum absolute atomic E-state index is 11.9. The van der Waals surface area contributed by atoms with Gasteiger partial charge in [0, 0.05) is 48.7 Å². The van der Waals surface area contributed by atoms with Crippen molar-refractivity contribution in [2.24, 2.45) is 0 Å². The molecule has 0 aliphatic heterocycles. The molecule has 0 spiro atoms. The van der Waals surface area contributed by atoms with Crippen molar-refractivity contribution in [2.75, 3.05) is 24.3 Å². The molecule has 0 atom stereocenters. The zero-order chi connectivity index (χ0) is 20.4. The molecule has 3 heterocycles. The molecule has 0 saturated carbocycles. The van der Waals surface area contributed by atoms with Gasteiger partial charge in [-0.05, 0) is 29.8 Å². The van der Waals surface area contributed by atoms with Crippen LogP contribution in [0.4, 0.5) is 11.5 Å². The zero-order valence-electron chi connectivity index (χ0n) is 16.2. The van der Waals surface area contributed by atoms with Crippen LogP contribution in [0.25, 0.3) is 33.4 Å². The molecule has 2 N–H and O–H groups in total. The van der Waals surface area contributed by atoms with Crippen LogP contribution < -0.4 is 10.2 Å². The van der Waals surface area contributed by atoms with Crippen molar-refractivity contribution >= 4 is 28.4 Å². The highest BCUT2D eigenvalue weighted by molar-refractivity contribution is 6.01. The minimum absolute atomic E-state index is 0.161. The van der Waals surface area contributed by atoms with Crippen molar-refractivity contribution in [1.29, 1.82) is 0 Å². The Morgan fingerprint density at radius 1 is 1.21 bits per heavy atom.